The van der Waals surface area contributed by atoms with Gasteiger partial charge in [0.25, 0.3) is 0 Å². The predicted octanol–water partition coefficient (Wildman–Crippen LogP) is 1.73. The quantitative estimate of drug-likeness (QED) is 0.861. The van der Waals surface area contributed by atoms with Crippen LogP contribution in [0.3, 0.4) is 0 Å². The van der Waals surface area contributed by atoms with E-state index in [0.29, 0.717) is 19.4 Å². The Morgan fingerprint density at radius 1 is 1.29 bits per heavy atom. The minimum Gasteiger partial charge on any atom is -0.480 e. The molecular formula is C18H22N2O4. The summed E-state index contributed by atoms with van der Waals surface area (Å²) >= 11 is 0. The highest BCUT2D eigenvalue weighted by molar-refractivity contribution is 6.01. The van der Waals surface area contributed by atoms with E-state index in [1.54, 1.807) is 4.90 Å². The molecule has 0 radical (unpaired) electrons. The van der Waals surface area contributed by atoms with Crippen LogP contribution in [0.5, 0.6) is 0 Å². The van der Waals surface area contributed by atoms with Gasteiger partial charge in [-0.15, -0.1) is 0 Å². The molecule has 0 aromatic heterocycles. The molecular weight excluding hydrogens is 308 g/mol. The molecule has 1 heterocycles. The van der Waals surface area contributed by atoms with Crippen LogP contribution < -0.4 is 10.2 Å². The number of amides is 2. The lowest BCUT2D eigenvalue weighted by atomic mass is 9.76. The zero-order valence-corrected chi connectivity index (χ0v) is 13.7. The van der Waals surface area contributed by atoms with Gasteiger partial charge in [-0.05, 0) is 43.4 Å². The number of hydrogen-bond acceptors (Lipinski definition) is 3. The van der Waals surface area contributed by atoms with Crippen molar-refractivity contribution in [1.82, 2.24) is 5.32 Å². The number of nitrogens with one attached hydrogen (secondary N) is 1. The van der Waals surface area contributed by atoms with E-state index in [-0.39, 0.29) is 18.2 Å². The number of carbonyl (C=O) groups excluding carboxylic acids is 2. The molecule has 1 aliphatic carbocycles. The number of rotatable bonds is 5. The number of carboxylic acid groups (broad SMARTS) is 1. The molecule has 24 heavy (non-hydrogen) atoms. The van der Waals surface area contributed by atoms with Gasteiger partial charge in [-0.25, -0.2) is 4.79 Å². The van der Waals surface area contributed by atoms with Crippen molar-refractivity contribution in [1.29, 1.82) is 0 Å². The summed E-state index contributed by atoms with van der Waals surface area (Å²) in [5, 5.41) is 12.0. The number of nitrogens with zero attached hydrogens (tertiary/aromatic N) is 1. The van der Waals surface area contributed by atoms with E-state index in [1.165, 1.54) is 5.56 Å². The molecule has 3 rings (SSSR count). The van der Waals surface area contributed by atoms with Gasteiger partial charge in [0.2, 0.25) is 11.8 Å². The highest BCUT2D eigenvalue weighted by atomic mass is 16.4. The van der Waals surface area contributed by atoms with E-state index in [4.69, 9.17) is 0 Å². The lowest BCUT2D eigenvalue weighted by Crippen LogP contribution is -2.60. The Kier molecular flexibility index (Phi) is 4.30. The fourth-order valence-corrected chi connectivity index (χ4v) is 3.30. The lowest BCUT2D eigenvalue weighted by molar-refractivity contribution is -0.152. The molecule has 0 bridgehead atoms. The summed E-state index contributed by atoms with van der Waals surface area (Å²) in [6, 6.07) is 7.73. The predicted molar refractivity (Wildman–Crippen MR) is 88.6 cm³/mol. The third kappa shape index (κ3) is 2.88. The number of aryl methyl sites for hydroxylation is 1. The normalized spacial score (nSPS) is 22.1. The van der Waals surface area contributed by atoms with Crippen LogP contribution in [0.25, 0.3) is 0 Å². The molecule has 0 spiro atoms. The highest BCUT2D eigenvalue weighted by Gasteiger charge is 2.47. The van der Waals surface area contributed by atoms with Gasteiger partial charge in [-0.1, -0.05) is 19.1 Å². The molecule has 1 unspecified atom stereocenters. The summed E-state index contributed by atoms with van der Waals surface area (Å²) in [7, 11) is 0. The van der Waals surface area contributed by atoms with E-state index in [1.807, 2.05) is 24.3 Å². The van der Waals surface area contributed by atoms with Crippen LogP contribution in [0, 0.1) is 5.92 Å². The van der Waals surface area contributed by atoms with Crippen LogP contribution in [0.1, 0.15) is 38.2 Å². The second-order valence-corrected chi connectivity index (χ2v) is 6.66. The second-order valence-electron chi connectivity index (χ2n) is 6.66. The van der Waals surface area contributed by atoms with Gasteiger partial charge in [-0.2, -0.15) is 0 Å². The minimum absolute atomic E-state index is 0.0996. The third-order valence-corrected chi connectivity index (χ3v) is 5.13. The van der Waals surface area contributed by atoms with Gasteiger partial charge in [0, 0.05) is 18.7 Å². The fraction of sp³-hybridized carbons (Fsp3) is 0.500. The maximum atomic E-state index is 12.4. The highest BCUT2D eigenvalue weighted by Crippen LogP contribution is 2.33. The first-order chi connectivity index (χ1) is 11.4. The minimum atomic E-state index is -1.13. The van der Waals surface area contributed by atoms with Crippen molar-refractivity contribution in [2.75, 3.05) is 11.4 Å². The first-order valence-electron chi connectivity index (χ1n) is 8.40. The Balaban J connectivity index is 1.67. The molecule has 1 saturated heterocycles. The van der Waals surface area contributed by atoms with Crippen molar-refractivity contribution in [3.05, 3.63) is 29.8 Å². The smallest absolute Gasteiger partial charge is 0.329 e. The summed E-state index contributed by atoms with van der Waals surface area (Å²) in [6.07, 6.45) is 2.76. The Labute approximate surface area is 140 Å². The molecule has 1 saturated carbocycles. The standard InChI is InChI=1S/C18H22N2O4/c1-2-12-4-6-14(7-5-12)20-11-13(10-15(20)21)16(22)19-18(17(23)24)8-3-9-18/h4-7,13H,2-3,8-11H2,1H3,(H,19,22)(H,23,24). The molecule has 6 nitrogen and oxygen atoms in total. The van der Waals surface area contributed by atoms with Crippen molar-refractivity contribution < 1.29 is 19.5 Å². The maximum absolute atomic E-state index is 12.4. The second kappa shape index (κ2) is 6.26. The van der Waals surface area contributed by atoms with Gasteiger partial charge in [0.1, 0.15) is 5.54 Å². The van der Waals surface area contributed by atoms with Crippen molar-refractivity contribution >= 4 is 23.5 Å². The Morgan fingerprint density at radius 3 is 2.46 bits per heavy atom. The summed E-state index contributed by atoms with van der Waals surface area (Å²) < 4.78 is 0. The first kappa shape index (κ1) is 16.5. The van der Waals surface area contributed by atoms with Gasteiger partial charge >= 0.3 is 5.97 Å². The number of carboxylic acids is 1. The Bertz CT molecular complexity index is 664. The number of aliphatic carboxylic acids is 1. The zero-order valence-electron chi connectivity index (χ0n) is 13.7. The van der Waals surface area contributed by atoms with Crippen molar-refractivity contribution in [3.63, 3.8) is 0 Å². The van der Waals surface area contributed by atoms with Gasteiger partial charge in [0.15, 0.2) is 0 Å². The molecule has 2 amide bonds. The van der Waals surface area contributed by atoms with Crippen LogP contribution in [-0.4, -0.2) is 35.0 Å². The van der Waals surface area contributed by atoms with Gasteiger partial charge < -0.3 is 15.3 Å². The number of anilines is 1. The Hall–Kier alpha value is -2.37. The van der Waals surface area contributed by atoms with Gasteiger partial charge in [-0.3, -0.25) is 9.59 Å². The van der Waals surface area contributed by atoms with Crippen LogP contribution in [0.15, 0.2) is 24.3 Å². The van der Waals surface area contributed by atoms with Crippen molar-refractivity contribution in [3.8, 4) is 0 Å². The number of benzene rings is 1. The Morgan fingerprint density at radius 2 is 1.96 bits per heavy atom. The third-order valence-electron chi connectivity index (χ3n) is 5.13. The summed E-state index contributed by atoms with van der Waals surface area (Å²) in [5.74, 6) is -1.92. The lowest BCUT2D eigenvalue weighted by Gasteiger charge is -2.38. The molecule has 1 aromatic carbocycles. The number of carbonyl (C=O) groups is 3. The molecule has 1 aliphatic heterocycles. The SMILES string of the molecule is CCc1ccc(N2CC(C(=O)NC3(C(=O)O)CCC3)CC2=O)cc1. The van der Waals surface area contributed by atoms with Crippen LogP contribution >= 0.6 is 0 Å². The molecule has 1 atom stereocenters. The van der Waals surface area contributed by atoms with Crippen LogP contribution in [0.4, 0.5) is 5.69 Å². The van der Waals surface area contributed by atoms with E-state index < -0.39 is 17.4 Å². The van der Waals surface area contributed by atoms with E-state index in [9.17, 15) is 19.5 Å². The molecule has 6 heteroatoms. The van der Waals surface area contributed by atoms with Crippen molar-refractivity contribution in [2.45, 2.75) is 44.6 Å². The molecule has 2 aliphatic rings. The van der Waals surface area contributed by atoms with Crippen LogP contribution in [0.2, 0.25) is 0 Å². The fourth-order valence-electron chi connectivity index (χ4n) is 3.30. The van der Waals surface area contributed by atoms with Crippen LogP contribution in [-0.2, 0) is 20.8 Å². The van der Waals surface area contributed by atoms with Crippen molar-refractivity contribution in [2.24, 2.45) is 5.92 Å². The maximum Gasteiger partial charge on any atom is 0.329 e. The largest absolute Gasteiger partial charge is 0.480 e. The number of hydrogen-bond donors (Lipinski definition) is 2. The van der Waals surface area contributed by atoms with E-state index >= 15 is 0 Å². The van der Waals surface area contributed by atoms with Gasteiger partial charge in [0.05, 0.1) is 5.92 Å². The summed E-state index contributed by atoms with van der Waals surface area (Å²) in [6.45, 7) is 2.36. The molecule has 128 valence electrons. The molecule has 2 fully saturated rings. The summed E-state index contributed by atoms with van der Waals surface area (Å²) in [5.41, 5.74) is 0.841. The molecule has 2 N–H and O–H groups in total. The van der Waals surface area contributed by atoms with E-state index in [0.717, 1.165) is 18.5 Å². The monoisotopic (exact) mass is 330 g/mol. The molecule has 1 aromatic rings. The average Bonchev–Trinajstić information content (AvgIpc) is 2.92. The first-order valence-corrected chi connectivity index (χ1v) is 8.40. The summed E-state index contributed by atoms with van der Waals surface area (Å²) in [4.78, 5) is 37.7. The zero-order chi connectivity index (χ0) is 17.3. The van der Waals surface area contributed by atoms with E-state index in [2.05, 4.69) is 12.2 Å². The topological polar surface area (TPSA) is 86.7 Å². The average molecular weight is 330 g/mol.